The lowest BCUT2D eigenvalue weighted by Gasteiger charge is -2.38. The van der Waals surface area contributed by atoms with Crippen LogP contribution in [0.15, 0.2) is 109 Å². The Labute approximate surface area is 348 Å². The number of urea groups is 1. The Morgan fingerprint density at radius 1 is 0.746 bits per heavy atom. The number of hydrogen-bond donors (Lipinski definition) is 4. The highest BCUT2D eigenvalue weighted by Crippen LogP contribution is 2.30. The molecular weight excluding hydrogens is 745 g/mol. The van der Waals surface area contributed by atoms with Crippen molar-refractivity contribution in [3.05, 3.63) is 126 Å². The van der Waals surface area contributed by atoms with Gasteiger partial charge in [-0.05, 0) is 58.9 Å². The van der Waals surface area contributed by atoms with E-state index in [4.69, 9.17) is 0 Å². The topological polar surface area (TPSA) is 155 Å². The number of amides is 5. The van der Waals surface area contributed by atoms with Gasteiger partial charge in [0.25, 0.3) is 0 Å². The lowest BCUT2D eigenvalue weighted by atomic mass is 9.84. The largest absolute Gasteiger partial charge is 0.465 e. The van der Waals surface area contributed by atoms with E-state index in [0.717, 1.165) is 32.8 Å². The number of hydrogen-bond acceptors (Lipinski definition) is 6. The maximum Gasteiger partial charge on any atom is 0.407 e. The van der Waals surface area contributed by atoms with E-state index in [0.29, 0.717) is 26.1 Å². The van der Waals surface area contributed by atoms with Crippen LogP contribution in [-0.4, -0.2) is 104 Å². The molecule has 0 saturated carbocycles. The van der Waals surface area contributed by atoms with Crippen molar-refractivity contribution in [2.45, 2.75) is 97.6 Å². The van der Waals surface area contributed by atoms with Crippen LogP contribution in [0, 0.1) is 10.8 Å². The van der Waals surface area contributed by atoms with Crippen molar-refractivity contribution in [3.8, 4) is 11.3 Å². The molecule has 1 aliphatic rings. The second kappa shape index (κ2) is 19.3. The van der Waals surface area contributed by atoms with Gasteiger partial charge in [-0.2, -0.15) is 0 Å². The predicted molar refractivity (Wildman–Crippen MR) is 229 cm³/mol. The first kappa shape index (κ1) is 44.4. The van der Waals surface area contributed by atoms with Crippen LogP contribution in [0.4, 0.5) is 9.59 Å². The Balaban J connectivity index is 1.42. The van der Waals surface area contributed by atoms with Crippen LogP contribution >= 0.6 is 0 Å². The molecule has 0 spiro atoms. The minimum atomic E-state index is -1.25. The Morgan fingerprint density at radius 2 is 1.34 bits per heavy atom. The number of carbonyl (C=O) groups excluding carboxylic acids is 3. The molecule has 1 saturated heterocycles. The molecule has 1 fully saturated rings. The summed E-state index contributed by atoms with van der Waals surface area (Å²) in [4.78, 5) is 63.5. The molecule has 1 aromatic heterocycles. The third-order valence-corrected chi connectivity index (χ3v) is 10.8. The summed E-state index contributed by atoms with van der Waals surface area (Å²) in [6.45, 7) is 12.5. The maximum atomic E-state index is 14.6. The molecule has 12 heteroatoms. The van der Waals surface area contributed by atoms with Crippen molar-refractivity contribution in [1.29, 1.82) is 0 Å². The molecule has 0 radical (unpaired) electrons. The molecule has 5 amide bonds. The molecule has 4 aromatic rings. The Bertz CT molecular complexity index is 2000. The van der Waals surface area contributed by atoms with Crippen molar-refractivity contribution in [2.75, 3.05) is 20.1 Å². The summed E-state index contributed by atoms with van der Waals surface area (Å²) >= 11 is 0. The molecule has 314 valence electrons. The van der Waals surface area contributed by atoms with Gasteiger partial charge in [0.2, 0.25) is 11.8 Å². The first-order valence-electron chi connectivity index (χ1n) is 20.3. The smallest absolute Gasteiger partial charge is 0.407 e. The summed E-state index contributed by atoms with van der Waals surface area (Å²) < 4.78 is 0. The summed E-state index contributed by atoms with van der Waals surface area (Å²) in [6.07, 6.45) is -0.0527. The van der Waals surface area contributed by atoms with E-state index in [-0.39, 0.29) is 24.8 Å². The van der Waals surface area contributed by atoms with Gasteiger partial charge in [0.05, 0.1) is 17.8 Å². The van der Waals surface area contributed by atoms with Crippen LogP contribution in [0.2, 0.25) is 0 Å². The van der Waals surface area contributed by atoms with Crippen molar-refractivity contribution in [1.82, 2.24) is 30.3 Å². The molecule has 4 N–H and O–H groups in total. The molecular formula is C47H60N6O6. The quantitative estimate of drug-likeness (QED) is 0.0991. The molecule has 59 heavy (non-hydrogen) atoms. The van der Waals surface area contributed by atoms with Crippen LogP contribution in [0.5, 0.6) is 0 Å². The fraction of sp³-hybridized carbons (Fsp3) is 0.426. The van der Waals surface area contributed by atoms with Gasteiger partial charge in [-0.3, -0.25) is 19.5 Å². The molecule has 12 nitrogen and oxygen atoms in total. The standard InChI is InChI=1S/C47H60N6O6/c1-46(2,3)40(51(7)45(58)59)42(55)50-38(29-33-21-23-35(24-22-33)37-20-14-15-25-48-37)39(54)30-36(28-32-16-10-8-11-17-32)49-43(56)41(47(4,5)6)53-27-26-52(44(53)57)31-34-18-12-9-13-19-34/h8-25,36,38-41,54H,26-31H2,1-7H3,(H,49,56)(H,50,55)(H,58,59)/t36-,38-,39-,40+,41+/m0/s1. The predicted octanol–water partition coefficient (Wildman–Crippen LogP) is 6.63. The third kappa shape index (κ3) is 11.9. The Morgan fingerprint density at radius 3 is 1.90 bits per heavy atom. The van der Waals surface area contributed by atoms with Crippen LogP contribution in [-0.2, 0) is 29.0 Å². The Hall–Kier alpha value is -5.75. The van der Waals surface area contributed by atoms with Gasteiger partial charge in [-0.15, -0.1) is 0 Å². The zero-order valence-electron chi connectivity index (χ0n) is 35.3. The van der Waals surface area contributed by atoms with Crippen molar-refractivity contribution in [3.63, 3.8) is 0 Å². The molecule has 1 aliphatic heterocycles. The van der Waals surface area contributed by atoms with Gasteiger partial charge in [0.15, 0.2) is 0 Å². The van der Waals surface area contributed by atoms with E-state index in [1.54, 1.807) is 36.8 Å². The number of likely N-dealkylation sites (N-methyl/N-ethyl adjacent to an activating group) is 1. The van der Waals surface area contributed by atoms with Gasteiger partial charge in [0.1, 0.15) is 12.1 Å². The lowest BCUT2D eigenvalue weighted by molar-refractivity contribution is -0.131. The van der Waals surface area contributed by atoms with Gasteiger partial charge >= 0.3 is 12.1 Å². The molecule has 0 aliphatic carbocycles. The van der Waals surface area contributed by atoms with Crippen LogP contribution in [0.3, 0.4) is 0 Å². The van der Waals surface area contributed by atoms with Crippen LogP contribution in [0.1, 0.15) is 64.7 Å². The summed E-state index contributed by atoms with van der Waals surface area (Å²) in [5.41, 5.74) is 3.08. The second-order valence-electron chi connectivity index (χ2n) is 17.7. The fourth-order valence-corrected chi connectivity index (χ4v) is 8.03. The van der Waals surface area contributed by atoms with E-state index < -0.39 is 53.1 Å². The molecule has 2 heterocycles. The number of benzene rings is 3. The maximum absolute atomic E-state index is 14.6. The van der Waals surface area contributed by atoms with Crippen LogP contribution in [0.25, 0.3) is 11.3 Å². The molecule has 5 rings (SSSR count). The van der Waals surface area contributed by atoms with E-state index in [9.17, 15) is 29.4 Å². The zero-order chi connectivity index (χ0) is 42.9. The lowest BCUT2D eigenvalue weighted by Crippen LogP contribution is -2.59. The highest BCUT2D eigenvalue weighted by atomic mass is 16.4. The third-order valence-electron chi connectivity index (χ3n) is 10.8. The van der Waals surface area contributed by atoms with Gasteiger partial charge in [0, 0.05) is 44.5 Å². The number of pyridine rings is 1. The van der Waals surface area contributed by atoms with E-state index >= 15 is 0 Å². The minimum absolute atomic E-state index is 0.0531. The number of aliphatic hydroxyl groups is 1. The van der Waals surface area contributed by atoms with Gasteiger partial charge < -0.3 is 30.6 Å². The average molecular weight is 805 g/mol. The molecule has 0 bridgehead atoms. The fourth-order valence-electron chi connectivity index (χ4n) is 8.03. The summed E-state index contributed by atoms with van der Waals surface area (Å²) in [7, 11) is 1.36. The monoisotopic (exact) mass is 804 g/mol. The number of aliphatic hydroxyl groups excluding tert-OH is 1. The zero-order valence-corrected chi connectivity index (χ0v) is 35.3. The van der Waals surface area contributed by atoms with Crippen LogP contribution < -0.4 is 10.6 Å². The SMILES string of the molecule is CN(C(=O)O)[C@H](C(=O)N[C@@H](Cc1ccc(-c2ccccn2)cc1)[C@@H](O)C[C@H](Cc1ccccc1)NC(=O)[C@@H](N1CCN(Cc2ccccc2)C1=O)C(C)(C)C)C(C)(C)C. The number of nitrogens with zero attached hydrogens (tertiary/aromatic N) is 4. The first-order chi connectivity index (χ1) is 27.9. The first-order valence-corrected chi connectivity index (χ1v) is 20.3. The summed E-state index contributed by atoms with van der Waals surface area (Å²) in [6, 6.07) is 29.3. The minimum Gasteiger partial charge on any atom is -0.465 e. The van der Waals surface area contributed by atoms with Gasteiger partial charge in [-0.1, -0.05) is 133 Å². The molecule has 5 atom stereocenters. The molecule has 0 unspecified atom stereocenters. The van der Waals surface area contributed by atoms with E-state index in [2.05, 4.69) is 15.6 Å². The summed E-state index contributed by atoms with van der Waals surface area (Å²) in [5, 5.41) is 28.4. The highest BCUT2D eigenvalue weighted by Gasteiger charge is 2.44. The number of carboxylic acid groups (broad SMARTS) is 1. The number of aromatic nitrogens is 1. The average Bonchev–Trinajstić information content (AvgIpc) is 3.52. The van der Waals surface area contributed by atoms with E-state index in [1.807, 2.05) is 124 Å². The van der Waals surface area contributed by atoms with Crippen molar-refractivity contribution < 1.29 is 29.4 Å². The Kier molecular flexibility index (Phi) is 14.5. The van der Waals surface area contributed by atoms with Gasteiger partial charge in [-0.25, -0.2) is 9.59 Å². The summed E-state index contributed by atoms with van der Waals surface area (Å²) in [5.74, 6) is -0.872. The normalized spacial score (nSPS) is 15.8. The number of rotatable bonds is 16. The number of nitrogens with one attached hydrogen (secondary N) is 2. The van der Waals surface area contributed by atoms with Crippen molar-refractivity contribution in [2.24, 2.45) is 10.8 Å². The highest BCUT2D eigenvalue weighted by molar-refractivity contribution is 5.89. The second-order valence-corrected chi connectivity index (χ2v) is 17.7. The van der Waals surface area contributed by atoms with E-state index in [1.165, 1.54) is 7.05 Å². The molecule has 3 aromatic carbocycles. The number of carbonyl (C=O) groups is 4. The van der Waals surface area contributed by atoms with Crippen molar-refractivity contribution >= 4 is 23.9 Å².